The first-order valence-corrected chi connectivity index (χ1v) is 6.20. The normalized spacial score (nSPS) is 24.4. The number of nitrogens with one attached hydrogen (secondary N) is 2. The number of aromatic amines is 1. The highest BCUT2D eigenvalue weighted by Gasteiger charge is 2.27. The van der Waals surface area contributed by atoms with Gasteiger partial charge in [0.2, 0.25) is 5.78 Å². The average molecular weight is 219 g/mol. The first-order valence-electron chi connectivity index (χ1n) is 6.20. The minimum Gasteiger partial charge on any atom is -0.339 e. The molecule has 1 aliphatic carbocycles. The number of imidazole rings is 1. The largest absolute Gasteiger partial charge is 0.339 e. The number of H-pyrrole nitrogens is 1. The van der Waals surface area contributed by atoms with E-state index in [1.54, 1.807) is 0 Å². The van der Waals surface area contributed by atoms with Gasteiger partial charge in [0.1, 0.15) is 0 Å². The van der Waals surface area contributed by atoms with Gasteiger partial charge >= 0.3 is 0 Å². The molecular weight excluding hydrogens is 202 g/mol. The molecule has 4 nitrogen and oxygen atoms in total. The summed E-state index contributed by atoms with van der Waals surface area (Å²) in [5.74, 6) is 0.721. The standard InChI is InChI=1S/C12H17N3O/c16-11(10-6-3-7-13-10)12-14-8-4-1-2-5-9(8)15-12/h10,13H,1-7H2,(H,14,15). The van der Waals surface area contributed by atoms with Crippen LogP contribution in [0.3, 0.4) is 0 Å². The molecule has 1 unspecified atom stereocenters. The van der Waals surface area contributed by atoms with Crippen molar-refractivity contribution in [3.05, 3.63) is 17.2 Å². The van der Waals surface area contributed by atoms with Crippen molar-refractivity contribution in [2.24, 2.45) is 0 Å². The lowest BCUT2D eigenvalue weighted by atomic mass is 10.0. The van der Waals surface area contributed by atoms with E-state index in [1.807, 2.05) is 0 Å². The molecule has 1 aliphatic heterocycles. The van der Waals surface area contributed by atoms with E-state index in [-0.39, 0.29) is 11.8 Å². The number of nitrogens with zero attached hydrogens (tertiary/aromatic N) is 1. The van der Waals surface area contributed by atoms with Crippen molar-refractivity contribution >= 4 is 5.78 Å². The van der Waals surface area contributed by atoms with E-state index in [2.05, 4.69) is 15.3 Å². The highest BCUT2D eigenvalue weighted by atomic mass is 16.1. The summed E-state index contributed by atoms with van der Waals surface area (Å²) >= 11 is 0. The van der Waals surface area contributed by atoms with Gasteiger partial charge in [0.05, 0.1) is 11.7 Å². The third-order valence-electron chi connectivity index (χ3n) is 3.56. The van der Waals surface area contributed by atoms with Gasteiger partial charge in [0, 0.05) is 5.69 Å². The highest BCUT2D eigenvalue weighted by molar-refractivity contribution is 5.97. The Morgan fingerprint density at radius 2 is 2.12 bits per heavy atom. The van der Waals surface area contributed by atoms with Crippen LogP contribution in [-0.2, 0) is 12.8 Å². The maximum atomic E-state index is 12.1. The second kappa shape index (κ2) is 4.01. The molecule has 2 heterocycles. The van der Waals surface area contributed by atoms with E-state index >= 15 is 0 Å². The Bertz CT molecular complexity index is 381. The van der Waals surface area contributed by atoms with Crippen LogP contribution in [-0.4, -0.2) is 28.3 Å². The molecule has 0 aromatic carbocycles. The molecule has 2 aliphatic rings. The van der Waals surface area contributed by atoms with Gasteiger partial charge in [-0.2, -0.15) is 0 Å². The summed E-state index contributed by atoms with van der Waals surface area (Å²) in [4.78, 5) is 19.8. The molecule has 0 spiro atoms. The first-order chi connectivity index (χ1) is 7.84. The summed E-state index contributed by atoms with van der Waals surface area (Å²) in [6.45, 7) is 0.955. The fourth-order valence-electron chi connectivity index (χ4n) is 2.64. The van der Waals surface area contributed by atoms with Crippen LogP contribution >= 0.6 is 0 Å². The average Bonchev–Trinajstić information content (AvgIpc) is 2.97. The van der Waals surface area contributed by atoms with Crippen LogP contribution in [0.25, 0.3) is 0 Å². The first kappa shape index (κ1) is 10.0. The van der Waals surface area contributed by atoms with Gasteiger partial charge < -0.3 is 10.3 Å². The number of Topliss-reactive ketones (excluding diaryl/α,β-unsaturated/α-hetero) is 1. The Kier molecular flexibility index (Phi) is 2.52. The molecule has 1 atom stereocenters. The third kappa shape index (κ3) is 1.67. The molecule has 16 heavy (non-hydrogen) atoms. The van der Waals surface area contributed by atoms with Crippen LogP contribution < -0.4 is 5.32 Å². The lowest BCUT2D eigenvalue weighted by Crippen LogP contribution is -2.31. The van der Waals surface area contributed by atoms with Crippen molar-refractivity contribution in [1.82, 2.24) is 15.3 Å². The molecule has 1 saturated heterocycles. The number of aromatic nitrogens is 2. The molecule has 1 fully saturated rings. The van der Waals surface area contributed by atoms with Gasteiger partial charge in [0.15, 0.2) is 5.82 Å². The summed E-state index contributed by atoms with van der Waals surface area (Å²) in [7, 11) is 0. The van der Waals surface area contributed by atoms with Gasteiger partial charge in [0.25, 0.3) is 0 Å². The van der Waals surface area contributed by atoms with Gasteiger partial charge in [-0.3, -0.25) is 4.79 Å². The Morgan fingerprint density at radius 3 is 2.88 bits per heavy atom. The van der Waals surface area contributed by atoms with Crippen molar-refractivity contribution in [2.45, 2.75) is 44.6 Å². The highest BCUT2D eigenvalue weighted by Crippen LogP contribution is 2.20. The quantitative estimate of drug-likeness (QED) is 0.735. The van der Waals surface area contributed by atoms with Crippen molar-refractivity contribution in [1.29, 1.82) is 0 Å². The fraction of sp³-hybridized carbons (Fsp3) is 0.667. The molecule has 0 saturated carbocycles. The van der Waals surface area contributed by atoms with Crippen LogP contribution in [0.1, 0.15) is 47.7 Å². The van der Waals surface area contributed by atoms with Crippen molar-refractivity contribution < 1.29 is 4.79 Å². The van der Waals surface area contributed by atoms with Gasteiger partial charge in [-0.05, 0) is 45.1 Å². The smallest absolute Gasteiger partial charge is 0.214 e. The van der Waals surface area contributed by atoms with E-state index in [0.717, 1.165) is 37.9 Å². The van der Waals surface area contributed by atoms with E-state index < -0.39 is 0 Å². The topological polar surface area (TPSA) is 57.8 Å². The maximum absolute atomic E-state index is 12.1. The molecule has 3 rings (SSSR count). The number of carbonyl (C=O) groups excluding carboxylic acids is 1. The Labute approximate surface area is 94.8 Å². The van der Waals surface area contributed by atoms with Gasteiger partial charge in [-0.15, -0.1) is 0 Å². The van der Waals surface area contributed by atoms with E-state index in [4.69, 9.17) is 0 Å². The number of hydrogen-bond acceptors (Lipinski definition) is 3. The molecule has 4 heteroatoms. The van der Waals surface area contributed by atoms with Crippen LogP contribution in [0.5, 0.6) is 0 Å². The second-order valence-corrected chi connectivity index (χ2v) is 4.73. The second-order valence-electron chi connectivity index (χ2n) is 4.73. The van der Waals surface area contributed by atoms with Crippen molar-refractivity contribution in [3.63, 3.8) is 0 Å². The third-order valence-corrected chi connectivity index (χ3v) is 3.56. The summed E-state index contributed by atoms with van der Waals surface area (Å²) in [6.07, 6.45) is 6.53. The minimum absolute atomic E-state index is 0.00685. The van der Waals surface area contributed by atoms with Crippen LogP contribution in [0.4, 0.5) is 0 Å². The van der Waals surface area contributed by atoms with E-state index in [9.17, 15) is 4.79 Å². The van der Waals surface area contributed by atoms with E-state index in [1.165, 1.54) is 18.5 Å². The molecule has 86 valence electrons. The lowest BCUT2D eigenvalue weighted by molar-refractivity contribution is 0.0942. The Balaban J connectivity index is 1.83. The van der Waals surface area contributed by atoms with Crippen LogP contribution in [0.15, 0.2) is 0 Å². The molecule has 0 bridgehead atoms. The van der Waals surface area contributed by atoms with Crippen molar-refractivity contribution in [2.75, 3.05) is 6.54 Å². The number of ketones is 1. The zero-order valence-corrected chi connectivity index (χ0v) is 9.38. The molecule has 1 aromatic rings. The van der Waals surface area contributed by atoms with Crippen molar-refractivity contribution in [3.8, 4) is 0 Å². The molecule has 1 aromatic heterocycles. The number of aryl methyl sites for hydroxylation is 2. The predicted molar refractivity (Wildman–Crippen MR) is 60.6 cm³/mol. The van der Waals surface area contributed by atoms with Gasteiger partial charge in [-0.1, -0.05) is 0 Å². The number of fused-ring (bicyclic) bond motifs is 1. The summed E-state index contributed by atoms with van der Waals surface area (Å²) in [5, 5.41) is 3.23. The summed E-state index contributed by atoms with van der Waals surface area (Å²) in [6, 6.07) is -0.00685. The SMILES string of the molecule is O=C(c1nc2c([nH]1)CCCC2)C1CCCN1. The Morgan fingerprint density at radius 1 is 1.25 bits per heavy atom. The molecule has 0 amide bonds. The zero-order valence-electron chi connectivity index (χ0n) is 9.38. The minimum atomic E-state index is -0.00685. The molecular formula is C12H17N3O. The predicted octanol–water partition coefficient (Wildman–Crippen LogP) is 1.22. The number of hydrogen-bond donors (Lipinski definition) is 2. The maximum Gasteiger partial charge on any atom is 0.214 e. The van der Waals surface area contributed by atoms with Gasteiger partial charge in [-0.25, -0.2) is 4.98 Å². The zero-order chi connectivity index (χ0) is 11.0. The lowest BCUT2D eigenvalue weighted by Gasteiger charge is -2.07. The fourth-order valence-corrected chi connectivity index (χ4v) is 2.64. The molecule has 0 radical (unpaired) electrons. The summed E-state index contributed by atoms with van der Waals surface area (Å²) < 4.78 is 0. The number of rotatable bonds is 2. The molecule has 2 N–H and O–H groups in total. The number of carbonyl (C=O) groups is 1. The van der Waals surface area contributed by atoms with Crippen LogP contribution in [0, 0.1) is 0 Å². The monoisotopic (exact) mass is 219 g/mol. The Hall–Kier alpha value is -1.16. The van der Waals surface area contributed by atoms with E-state index in [0.29, 0.717) is 5.82 Å². The summed E-state index contributed by atoms with van der Waals surface area (Å²) in [5.41, 5.74) is 2.31. The van der Waals surface area contributed by atoms with Crippen LogP contribution in [0.2, 0.25) is 0 Å².